The van der Waals surface area contributed by atoms with Gasteiger partial charge in [0.05, 0.1) is 11.4 Å². The number of nitrogen functional groups attached to an aromatic ring is 1. The molecule has 2 aromatic rings. The number of nitrogens with one attached hydrogen (secondary N) is 1. The first kappa shape index (κ1) is 14.5. The number of rotatable bonds is 3. The maximum Gasteiger partial charge on any atom is 0.265 e. The second kappa shape index (κ2) is 5.26. The summed E-state index contributed by atoms with van der Waals surface area (Å²) in [5.41, 5.74) is 4.60. The van der Waals surface area contributed by atoms with Gasteiger partial charge in [0.2, 0.25) is 0 Å². The molecule has 0 spiro atoms. The molecule has 0 saturated heterocycles. The smallest absolute Gasteiger partial charge is 0.265 e. The standard InChI is InChI=1S/C12H9ClF2N2O2S/c13-7-5-9(16)12(15)11(6-7)20(18,19)17-10-4-2-1-3-8(10)14/h1-6,17H,16H2. The summed E-state index contributed by atoms with van der Waals surface area (Å²) in [6.45, 7) is 0. The highest BCUT2D eigenvalue weighted by Gasteiger charge is 2.22. The van der Waals surface area contributed by atoms with Gasteiger partial charge >= 0.3 is 0 Å². The molecule has 0 heterocycles. The van der Waals surface area contributed by atoms with Crippen molar-refractivity contribution in [2.24, 2.45) is 0 Å². The molecule has 0 aliphatic carbocycles. The van der Waals surface area contributed by atoms with Gasteiger partial charge in [0.15, 0.2) is 5.82 Å². The molecule has 0 bridgehead atoms. The normalized spacial score (nSPS) is 11.3. The van der Waals surface area contributed by atoms with Crippen molar-refractivity contribution in [3.8, 4) is 0 Å². The average Bonchev–Trinajstić information content (AvgIpc) is 2.36. The predicted molar refractivity (Wildman–Crippen MR) is 73.0 cm³/mol. The summed E-state index contributed by atoms with van der Waals surface area (Å²) in [5.74, 6) is -1.93. The van der Waals surface area contributed by atoms with E-state index in [0.29, 0.717) is 0 Å². The van der Waals surface area contributed by atoms with Gasteiger partial charge in [-0.15, -0.1) is 0 Å². The van der Waals surface area contributed by atoms with Crippen molar-refractivity contribution in [1.29, 1.82) is 0 Å². The molecular weight excluding hydrogens is 310 g/mol. The lowest BCUT2D eigenvalue weighted by Crippen LogP contribution is -2.16. The maximum atomic E-state index is 13.8. The Labute approximate surface area is 119 Å². The lowest BCUT2D eigenvalue weighted by atomic mass is 10.3. The summed E-state index contributed by atoms with van der Waals surface area (Å²) < 4.78 is 53.2. The van der Waals surface area contributed by atoms with Crippen molar-refractivity contribution >= 4 is 33.0 Å². The minimum atomic E-state index is -4.34. The van der Waals surface area contributed by atoms with Crippen LogP contribution in [0.15, 0.2) is 41.3 Å². The molecule has 0 unspecified atom stereocenters. The zero-order chi connectivity index (χ0) is 14.9. The molecule has 0 radical (unpaired) electrons. The Kier molecular flexibility index (Phi) is 3.82. The minimum Gasteiger partial charge on any atom is -0.396 e. The molecule has 4 nitrogen and oxygen atoms in total. The third kappa shape index (κ3) is 2.83. The quantitative estimate of drug-likeness (QED) is 0.854. The fraction of sp³-hybridized carbons (Fsp3) is 0. The van der Waals surface area contributed by atoms with Crippen molar-refractivity contribution < 1.29 is 17.2 Å². The third-order valence-corrected chi connectivity index (χ3v) is 4.02. The van der Waals surface area contributed by atoms with Crippen LogP contribution in [0.2, 0.25) is 5.02 Å². The van der Waals surface area contributed by atoms with E-state index in [4.69, 9.17) is 17.3 Å². The molecule has 0 aromatic heterocycles. The van der Waals surface area contributed by atoms with E-state index in [2.05, 4.69) is 0 Å². The van der Waals surface area contributed by atoms with E-state index >= 15 is 0 Å². The van der Waals surface area contributed by atoms with Gasteiger partial charge in [-0.1, -0.05) is 23.7 Å². The van der Waals surface area contributed by atoms with Gasteiger partial charge in [-0.2, -0.15) is 0 Å². The van der Waals surface area contributed by atoms with Crippen molar-refractivity contribution in [2.45, 2.75) is 4.90 Å². The molecule has 106 valence electrons. The molecule has 8 heteroatoms. The number of anilines is 2. The van der Waals surface area contributed by atoms with Crippen LogP contribution in [-0.4, -0.2) is 8.42 Å². The van der Waals surface area contributed by atoms with Crippen LogP contribution < -0.4 is 10.5 Å². The molecule has 2 aromatic carbocycles. The number of para-hydroxylation sites is 1. The number of halogens is 3. The van der Waals surface area contributed by atoms with Gasteiger partial charge in [0.25, 0.3) is 10.0 Å². The summed E-state index contributed by atoms with van der Waals surface area (Å²) in [7, 11) is -4.34. The number of sulfonamides is 1. The fourth-order valence-electron chi connectivity index (χ4n) is 1.52. The highest BCUT2D eigenvalue weighted by atomic mass is 35.5. The number of benzene rings is 2. The first-order valence-electron chi connectivity index (χ1n) is 5.33. The van der Waals surface area contributed by atoms with E-state index in [1.165, 1.54) is 18.2 Å². The van der Waals surface area contributed by atoms with Gasteiger partial charge in [-0.3, -0.25) is 4.72 Å². The van der Waals surface area contributed by atoms with Crippen LogP contribution in [0.3, 0.4) is 0 Å². The summed E-state index contributed by atoms with van der Waals surface area (Å²) in [6.07, 6.45) is 0. The first-order chi connectivity index (χ1) is 9.31. The Morgan fingerprint density at radius 2 is 1.80 bits per heavy atom. The van der Waals surface area contributed by atoms with Crippen LogP contribution in [0.25, 0.3) is 0 Å². The highest BCUT2D eigenvalue weighted by molar-refractivity contribution is 7.92. The molecule has 0 atom stereocenters. The summed E-state index contributed by atoms with van der Waals surface area (Å²) >= 11 is 5.65. The predicted octanol–water partition coefficient (Wildman–Crippen LogP) is 3.00. The van der Waals surface area contributed by atoms with Crippen LogP contribution in [0.1, 0.15) is 0 Å². The van der Waals surface area contributed by atoms with E-state index in [-0.39, 0.29) is 10.7 Å². The third-order valence-electron chi connectivity index (χ3n) is 2.44. The van der Waals surface area contributed by atoms with Crippen LogP contribution >= 0.6 is 11.6 Å². The number of nitrogens with two attached hydrogens (primary N) is 1. The lowest BCUT2D eigenvalue weighted by molar-refractivity contribution is 0.572. The zero-order valence-electron chi connectivity index (χ0n) is 9.90. The van der Waals surface area contributed by atoms with E-state index in [1.807, 2.05) is 4.72 Å². The molecule has 0 aliphatic heterocycles. The SMILES string of the molecule is Nc1cc(Cl)cc(S(=O)(=O)Nc2ccccc2F)c1F. The van der Waals surface area contributed by atoms with Gasteiger partial charge < -0.3 is 5.73 Å². The van der Waals surface area contributed by atoms with E-state index in [1.54, 1.807) is 0 Å². The summed E-state index contributed by atoms with van der Waals surface area (Å²) in [4.78, 5) is -0.745. The second-order valence-corrected chi connectivity index (χ2v) is 5.98. The van der Waals surface area contributed by atoms with Crippen LogP contribution in [0.5, 0.6) is 0 Å². The average molecular weight is 319 g/mol. The Hall–Kier alpha value is -1.86. The monoisotopic (exact) mass is 318 g/mol. The minimum absolute atomic E-state index is 0.0437. The zero-order valence-corrected chi connectivity index (χ0v) is 11.5. The number of hydrogen-bond donors (Lipinski definition) is 2. The fourth-order valence-corrected chi connectivity index (χ4v) is 3.02. The Morgan fingerprint density at radius 1 is 1.15 bits per heavy atom. The molecule has 3 N–H and O–H groups in total. The van der Waals surface area contributed by atoms with Crippen molar-refractivity contribution in [2.75, 3.05) is 10.5 Å². The molecular formula is C12H9ClF2N2O2S. The van der Waals surface area contributed by atoms with Crippen LogP contribution in [0.4, 0.5) is 20.2 Å². The molecule has 0 aliphatic rings. The molecule has 20 heavy (non-hydrogen) atoms. The molecule has 2 rings (SSSR count). The largest absolute Gasteiger partial charge is 0.396 e. The van der Waals surface area contributed by atoms with Crippen molar-refractivity contribution in [1.82, 2.24) is 0 Å². The summed E-state index contributed by atoms with van der Waals surface area (Å²) in [5, 5.41) is -0.0437. The Bertz CT molecular complexity index is 766. The van der Waals surface area contributed by atoms with E-state index in [0.717, 1.165) is 18.2 Å². The van der Waals surface area contributed by atoms with E-state index in [9.17, 15) is 17.2 Å². The second-order valence-electron chi connectivity index (χ2n) is 3.89. The van der Waals surface area contributed by atoms with Crippen LogP contribution in [-0.2, 0) is 10.0 Å². The lowest BCUT2D eigenvalue weighted by Gasteiger charge is -2.11. The molecule has 0 saturated carbocycles. The Balaban J connectivity index is 2.49. The summed E-state index contributed by atoms with van der Waals surface area (Å²) in [6, 6.07) is 7.09. The van der Waals surface area contributed by atoms with Gasteiger partial charge in [-0.05, 0) is 24.3 Å². The first-order valence-corrected chi connectivity index (χ1v) is 7.19. The van der Waals surface area contributed by atoms with Gasteiger partial charge in [0.1, 0.15) is 10.7 Å². The highest BCUT2D eigenvalue weighted by Crippen LogP contribution is 2.27. The molecule has 0 fully saturated rings. The topological polar surface area (TPSA) is 72.2 Å². The van der Waals surface area contributed by atoms with E-state index < -0.39 is 32.2 Å². The number of hydrogen-bond acceptors (Lipinski definition) is 3. The van der Waals surface area contributed by atoms with Crippen molar-refractivity contribution in [3.05, 3.63) is 53.1 Å². The van der Waals surface area contributed by atoms with Gasteiger partial charge in [0, 0.05) is 5.02 Å². The Morgan fingerprint density at radius 3 is 2.45 bits per heavy atom. The van der Waals surface area contributed by atoms with Crippen LogP contribution in [0, 0.1) is 11.6 Å². The maximum absolute atomic E-state index is 13.8. The van der Waals surface area contributed by atoms with Gasteiger partial charge in [-0.25, -0.2) is 17.2 Å². The van der Waals surface area contributed by atoms with Crippen molar-refractivity contribution in [3.63, 3.8) is 0 Å². The molecule has 0 amide bonds.